The highest BCUT2D eigenvalue weighted by molar-refractivity contribution is 5.95. The molecule has 0 atom stereocenters. The molecule has 2 aromatic rings. The number of carbonyl (C=O) groups is 2. The summed E-state index contributed by atoms with van der Waals surface area (Å²) in [6, 6.07) is 8.14. The van der Waals surface area contributed by atoms with Gasteiger partial charge in [-0.1, -0.05) is 17.7 Å². The van der Waals surface area contributed by atoms with Crippen molar-refractivity contribution in [2.24, 2.45) is 0 Å². The molecular weight excluding hydrogens is 316 g/mol. The second-order valence-electron chi connectivity index (χ2n) is 5.33. The summed E-state index contributed by atoms with van der Waals surface area (Å²) in [5.74, 6) is -3.06. The molecule has 0 radical (unpaired) electrons. The zero-order valence-corrected chi connectivity index (χ0v) is 13.2. The summed E-state index contributed by atoms with van der Waals surface area (Å²) in [4.78, 5) is 23.5. The smallest absolute Gasteiger partial charge is 0.269 e. The molecule has 0 aliphatic heterocycles. The summed E-state index contributed by atoms with van der Waals surface area (Å²) in [5.41, 5.74) is 6.95. The van der Waals surface area contributed by atoms with Crippen molar-refractivity contribution >= 4 is 17.5 Å². The van der Waals surface area contributed by atoms with E-state index in [1.54, 1.807) is 0 Å². The zero-order chi connectivity index (χ0) is 17.7. The molecule has 0 fully saturated rings. The predicted octanol–water partition coefficient (Wildman–Crippen LogP) is 2.45. The van der Waals surface area contributed by atoms with E-state index in [2.05, 4.69) is 16.2 Å². The van der Waals surface area contributed by atoms with Crippen molar-refractivity contribution in [3.05, 3.63) is 64.7 Å². The molecule has 3 N–H and O–H groups in total. The van der Waals surface area contributed by atoms with Crippen LogP contribution in [0.4, 0.5) is 14.5 Å². The number of nitrogens with one attached hydrogen (secondary N) is 3. The zero-order valence-electron chi connectivity index (χ0n) is 13.2. The van der Waals surface area contributed by atoms with Gasteiger partial charge in [-0.25, -0.2) is 8.78 Å². The molecule has 0 saturated heterocycles. The molecule has 0 saturated carbocycles. The third kappa shape index (κ3) is 4.77. The second kappa shape index (κ2) is 7.54. The van der Waals surface area contributed by atoms with Gasteiger partial charge in [0.05, 0.1) is 6.54 Å². The van der Waals surface area contributed by atoms with E-state index in [-0.39, 0.29) is 12.1 Å². The summed E-state index contributed by atoms with van der Waals surface area (Å²) in [5, 5.41) is 2.94. The Morgan fingerprint density at radius 2 is 1.62 bits per heavy atom. The highest BCUT2D eigenvalue weighted by atomic mass is 19.1. The van der Waals surface area contributed by atoms with Crippen molar-refractivity contribution < 1.29 is 18.4 Å². The van der Waals surface area contributed by atoms with Crippen LogP contribution in [0.15, 0.2) is 36.4 Å². The van der Waals surface area contributed by atoms with Gasteiger partial charge in [-0.05, 0) is 37.6 Å². The molecule has 0 spiro atoms. The Balaban J connectivity index is 1.85. The Morgan fingerprint density at radius 1 is 0.958 bits per heavy atom. The molecule has 2 aromatic carbocycles. The van der Waals surface area contributed by atoms with Crippen molar-refractivity contribution in [1.29, 1.82) is 0 Å². The van der Waals surface area contributed by atoms with Crippen molar-refractivity contribution in [1.82, 2.24) is 10.9 Å². The van der Waals surface area contributed by atoms with Crippen LogP contribution in [0, 0.1) is 25.5 Å². The molecule has 0 unspecified atom stereocenters. The molecule has 2 amide bonds. The monoisotopic (exact) mass is 333 g/mol. The Hall–Kier alpha value is -2.96. The highest BCUT2D eigenvalue weighted by Crippen LogP contribution is 2.15. The molecule has 5 nitrogen and oxygen atoms in total. The number of amides is 2. The summed E-state index contributed by atoms with van der Waals surface area (Å²) in [6.45, 7) is 3.81. The first kappa shape index (κ1) is 17.4. The fourth-order valence-electron chi connectivity index (χ4n) is 2.12. The van der Waals surface area contributed by atoms with Crippen LogP contribution in [0.25, 0.3) is 0 Å². The van der Waals surface area contributed by atoms with E-state index in [1.807, 2.05) is 32.0 Å². The minimum atomic E-state index is -0.872. The maximum absolute atomic E-state index is 13.0. The first-order chi connectivity index (χ1) is 11.3. The molecule has 2 rings (SSSR count). The second-order valence-corrected chi connectivity index (χ2v) is 5.33. The van der Waals surface area contributed by atoms with Crippen LogP contribution in [0.1, 0.15) is 21.5 Å². The molecular formula is C17H17F2N3O2. The molecule has 0 aliphatic rings. The lowest BCUT2D eigenvalue weighted by molar-refractivity contribution is -0.120. The molecule has 7 heteroatoms. The van der Waals surface area contributed by atoms with Gasteiger partial charge in [0.15, 0.2) is 0 Å². The topological polar surface area (TPSA) is 70.2 Å². The molecule has 0 aromatic heterocycles. The van der Waals surface area contributed by atoms with Gasteiger partial charge in [-0.3, -0.25) is 20.4 Å². The van der Waals surface area contributed by atoms with E-state index in [1.165, 1.54) is 0 Å². The predicted molar refractivity (Wildman–Crippen MR) is 86.4 cm³/mol. The van der Waals surface area contributed by atoms with E-state index >= 15 is 0 Å². The van der Waals surface area contributed by atoms with Crippen LogP contribution in [-0.2, 0) is 4.79 Å². The van der Waals surface area contributed by atoms with Crippen molar-refractivity contribution in [2.75, 3.05) is 11.9 Å². The van der Waals surface area contributed by atoms with E-state index in [0.29, 0.717) is 6.07 Å². The number of benzene rings is 2. The minimum absolute atomic E-state index is 0.0678. The Labute approximate surface area is 138 Å². The number of anilines is 1. The van der Waals surface area contributed by atoms with Crippen LogP contribution in [0.5, 0.6) is 0 Å². The fourth-order valence-corrected chi connectivity index (χ4v) is 2.12. The average Bonchev–Trinajstić information content (AvgIpc) is 2.50. The summed E-state index contributed by atoms with van der Waals surface area (Å²) in [6.07, 6.45) is 0. The highest BCUT2D eigenvalue weighted by Gasteiger charge is 2.10. The maximum Gasteiger partial charge on any atom is 0.269 e. The van der Waals surface area contributed by atoms with Crippen molar-refractivity contribution in [2.45, 2.75) is 13.8 Å². The minimum Gasteiger partial charge on any atom is -0.376 e. The molecule has 126 valence electrons. The van der Waals surface area contributed by atoms with Crippen molar-refractivity contribution in [3.8, 4) is 0 Å². The van der Waals surface area contributed by atoms with Crippen LogP contribution >= 0.6 is 0 Å². The number of carbonyl (C=O) groups excluding carboxylic acids is 2. The van der Waals surface area contributed by atoms with Gasteiger partial charge in [0.25, 0.3) is 11.8 Å². The molecule has 0 heterocycles. The first-order valence-corrected chi connectivity index (χ1v) is 7.21. The largest absolute Gasteiger partial charge is 0.376 e. The van der Waals surface area contributed by atoms with Gasteiger partial charge in [0.2, 0.25) is 0 Å². The van der Waals surface area contributed by atoms with Crippen LogP contribution in [0.2, 0.25) is 0 Å². The van der Waals surface area contributed by atoms with E-state index < -0.39 is 23.4 Å². The van der Waals surface area contributed by atoms with Crippen LogP contribution in [0.3, 0.4) is 0 Å². The molecule has 24 heavy (non-hydrogen) atoms. The van der Waals surface area contributed by atoms with Gasteiger partial charge in [0, 0.05) is 17.3 Å². The lowest BCUT2D eigenvalue weighted by atomic mass is 10.1. The van der Waals surface area contributed by atoms with Gasteiger partial charge in [-0.2, -0.15) is 0 Å². The van der Waals surface area contributed by atoms with E-state index in [0.717, 1.165) is 28.9 Å². The lowest BCUT2D eigenvalue weighted by Gasteiger charge is -2.11. The standard InChI is InChI=1S/C17H17F2N3O2/c1-10-3-4-15(11(2)5-10)20-9-16(23)21-22-17(24)12-6-13(18)8-14(19)7-12/h3-8,20H,9H2,1-2H3,(H,21,23)(H,22,24). The number of hydrazine groups is 1. The number of aryl methyl sites for hydroxylation is 2. The lowest BCUT2D eigenvalue weighted by Crippen LogP contribution is -2.44. The summed E-state index contributed by atoms with van der Waals surface area (Å²) >= 11 is 0. The fraction of sp³-hybridized carbons (Fsp3) is 0.176. The van der Waals surface area contributed by atoms with E-state index in [9.17, 15) is 18.4 Å². The van der Waals surface area contributed by atoms with E-state index in [4.69, 9.17) is 0 Å². The Bertz CT molecular complexity index is 758. The van der Waals surface area contributed by atoms with Gasteiger partial charge in [0.1, 0.15) is 11.6 Å². The molecule has 0 aliphatic carbocycles. The number of rotatable bonds is 4. The first-order valence-electron chi connectivity index (χ1n) is 7.21. The third-order valence-corrected chi connectivity index (χ3v) is 3.26. The summed E-state index contributed by atoms with van der Waals surface area (Å²) in [7, 11) is 0. The number of halogens is 2. The quantitative estimate of drug-likeness (QED) is 0.753. The normalized spacial score (nSPS) is 10.2. The molecule has 0 bridgehead atoms. The SMILES string of the molecule is Cc1ccc(NCC(=O)NNC(=O)c2cc(F)cc(F)c2)c(C)c1. The van der Waals surface area contributed by atoms with Gasteiger partial charge >= 0.3 is 0 Å². The summed E-state index contributed by atoms with van der Waals surface area (Å²) < 4.78 is 26.1. The van der Waals surface area contributed by atoms with Gasteiger partial charge in [-0.15, -0.1) is 0 Å². The van der Waals surface area contributed by atoms with Crippen LogP contribution in [-0.4, -0.2) is 18.4 Å². The third-order valence-electron chi connectivity index (χ3n) is 3.26. The van der Waals surface area contributed by atoms with Crippen molar-refractivity contribution in [3.63, 3.8) is 0 Å². The van der Waals surface area contributed by atoms with Crippen LogP contribution < -0.4 is 16.2 Å². The van der Waals surface area contributed by atoms with Gasteiger partial charge < -0.3 is 5.32 Å². The number of hydrogen-bond donors (Lipinski definition) is 3. The Morgan fingerprint density at radius 3 is 2.25 bits per heavy atom. The Kier molecular flexibility index (Phi) is 5.47. The number of hydrogen-bond acceptors (Lipinski definition) is 3. The average molecular weight is 333 g/mol. The maximum atomic E-state index is 13.0.